The van der Waals surface area contributed by atoms with Crippen LogP contribution in [0, 0.1) is 0 Å². The molecule has 1 atom stereocenters. The smallest absolute Gasteiger partial charge is 0.330 e. The molecule has 0 aromatic heterocycles. The molecule has 1 unspecified atom stereocenters. The molecule has 4 heteroatoms. The molecular formula is C12H20O4. The second-order valence-electron chi connectivity index (χ2n) is 4.54. The van der Waals surface area contributed by atoms with Crippen molar-refractivity contribution < 1.29 is 19.1 Å². The molecule has 0 heterocycles. The minimum Gasteiger partial charge on any atom is -0.460 e. The molecule has 0 fully saturated rings. The van der Waals surface area contributed by atoms with Crippen molar-refractivity contribution in [2.75, 3.05) is 0 Å². The quantitative estimate of drug-likeness (QED) is 0.547. The topological polar surface area (TPSA) is 52.6 Å². The fraction of sp³-hybridized carbons (Fsp3) is 0.667. The van der Waals surface area contributed by atoms with Crippen molar-refractivity contribution in [1.82, 2.24) is 0 Å². The summed E-state index contributed by atoms with van der Waals surface area (Å²) >= 11 is 0. The number of esters is 2. The molecule has 0 radical (unpaired) electrons. The van der Waals surface area contributed by atoms with Crippen LogP contribution in [0.25, 0.3) is 0 Å². The van der Waals surface area contributed by atoms with Crippen molar-refractivity contribution in [3.63, 3.8) is 0 Å². The number of allylic oxidation sites excluding steroid dienone is 1. The zero-order chi connectivity index (χ0) is 12.8. The molecule has 0 aromatic rings. The lowest BCUT2D eigenvalue weighted by Crippen LogP contribution is -2.27. The van der Waals surface area contributed by atoms with E-state index >= 15 is 0 Å². The monoisotopic (exact) mass is 228 g/mol. The lowest BCUT2D eigenvalue weighted by Gasteiger charge is -2.20. The number of carbonyl (C=O) groups excluding carboxylic acids is 2. The SMILES string of the molecule is C/C=C/C(=O)OC(C)CC(=O)OC(C)(C)C. The Morgan fingerprint density at radius 2 is 1.88 bits per heavy atom. The van der Waals surface area contributed by atoms with Gasteiger partial charge in [0.1, 0.15) is 11.7 Å². The second kappa shape index (κ2) is 6.30. The average Bonchev–Trinajstić information content (AvgIpc) is 1.98. The van der Waals surface area contributed by atoms with Crippen LogP contribution in [0.5, 0.6) is 0 Å². The normalized spacial score (nSPS) is 13.6. The predicted molar refractivity (Wildman–Crippen MR) is 60.8 cm³/mol. The van der Waals surface area contributed by atoms with E-state index < -0.39 is 17.7 Å². The number of hydrogen-bond donors (Lipinski definition) is 0. The van der Waals surface area contributed by atoms with Gasteiger partial charge in [0.15, 0.2) is 0 Å². The molecule has 4 nitrogen and oxygen atoms in total. The molecule has 0 aliphatic carbocycles. The molecule has 92 valence electrons. The summed E-state index contributed by atoms with van der Waals surface area (Å²) in [4.78, 5) is 22.4. The maximum absolute atomic E-state index is 11.4. The molecule has 0 N–H and O–H groups in total. The van der Waals surface area contributed by atoms with Crippen LogP contribution in [-0.2, 0) is 19.1 Å². The largest absolute Gasteiger partial charge is 0.460 e. The van der Waals surface area contributed by atoms with Crippen LogP contribution in [0.2, 0.25) is 0 Å². The van der Waals surface area contributed by atoms with Crippen LogP contribution in [0.4, 0.5) is 0 Å². The van der Waals surface area contributed by atoms with E-state index in [1.807, 2.05) is 0 Å². The van der Waals surface area contributed by atoms with Crippen molar-refractivity contribution >= 4 is 11.9 Å². The van der Waals surface area contributed by atoms with Gasteiger partial charge in [0, 0.05) is 6.08 Å². The third-order valence-electron chi connectivity index (χ3n) is 1.49. The molecule has 16 heavy (non-hydrogen) atoms. The summed E-state index contributed by atoms with van der Waals surface area (Å²) < 4.78 is 10.1. The average molecular weight is 228 g/mol. The first kappa shape index (κ1) is 14.7. The molecule has 0 aliphatic heterocycles. The Balaban J connectivity index is 4.01. The Labute approximate surface area is 96.6 Å². The van der Waals surface area contributed by atoms with Gasteiger partial charge in [-0.15, -0.1) is 0 Å². The van der Waals surface area contributed by atoms with Crippen LogP contribution in [0.15, 0.2) is 12.2 Å². The minimum atomic E-state index is -0.510. The Morgan fingerprint density at radius 3 is 2.31 bits per heavy atom. The van der Waals surface area contributed by atoms with Gasteiger partial charge >= 0.3 is 11.9 Å². The summed E-state index contributed by atoms with van der Waals surface area (Å²) in [6, 6.07) is 0. The summed E-state index contributed by atoms with van der Waals surface area (Å²) in [6.45, 7) is 8.76. The molecule has 0 saturated heterocycles. The second-order valence-corrected chi connectivity index (χ2v) is 4.54. The van der Waals surface area contributed by atoms with Gasteiger partial charge in [0.05, 0.1) is 6.42 Å². The van der Waals surface area contributed by atoms with Gasteiger partial charge in [0.25, 0.3) is 0 Å². The highest BCUT2D eigenvalue weighted by Crippen LogP contribution is 2.10. The molecule has 0 bridgehead atoms. The van der Waals surface area contributed by atoms with Crippen molar-refractivity contribution in [3.05, 3.63) is 12.2 Å². The van der Waals surface area contributed by atoms with Gasteiger partial charge < -0.3 is 9.47 Å². The Kier molecular flexibility index (Phi) is 5.78. The van der Waals surface area contributed by atoms with Crippen molar-refractivity contribution in [2.24, 2.45) is 0 Å². The summed E-state index contributed by atoms with van der Waals surface area (Å²) in [5.74, 6) is -0.813. The number of carbonyl (C=O) groups is 2. The predicted octanol–water partition coefficient (Wildman–Crippen LogP) is 2.23. The van der Waals surface area contributed by atoms with E-state index in [1.54, 1.807) is 40.7 Å². The maximum Gasteiger partial charge on any atom is 0.330 e. The van der Waals surface area contributed by atoms with E-state index in [0.29, 0.717) is 0 Å². The first-order valence-electron chi connectivity index (χ1n) is 5.29. The third kappa shape index (κ3) is 8.03. The molecule has 0 saturated carbocycles. The van der Waals surface area contributed by atoms with Crippen LogP contribution in [-0.4, -0.2) is 23.6 Å². The van der Waals surface area contributed by atoms with Gasteiger partial charge in [-0.3, -0.25) is 4.79 Å². The molecule has 0 rings (SSSR count). The summed E-state index contributed by atoms with van der Waals surface area (Å²) in [5, 5.41) is 0. The number of hydrogen-bond acceptors (Lipinski definition) is 4. The van der Waals surface area contributed by atoms with E-state index in [1.165, 1.54) is 6.08 Å². The fourth-order valence-corrected chi connectivity index (χ4v) is 1.03. The molecule has 0 aliphatic rings. The first-order chi connectivity index (χ1) is 7.24. The van der Waals surface area contributed by atoms with E-state index in [4.69, 9.17) is 9.47 Å². The zero-order valence-corrected chi connectivity index (χ0v) is 10.6. The fourth-order valence-electron chi connectivity index (χ4n) is 1.03. The van der Waals surface area contributed by atoms with Gasteiger partial charge in [0.2, 0.25) is 0 Å². The van der Waals surface area contributed by atoms with Crippen molar-refractivity contribution in [3.8, 4) is 0 Å². The van der Waals surface area contributed by atoms with Gasteiger partial charge in [-0.1, -0.05) is 6.08 Å². The van der Waals surface area contributed by atoms with Crippen molar-refractivity contribution in [2.45, 2.75) is 52.7 Å². The van der Waals surface area contributed by atoms with E-state index in [-0.39, 0.29) is 12.4 Å². The van der Waals surface area contributed by atoms with E-state index in [2.05, 4.69) is 0 Å². The minimum absolute atomic E-state index is 0.0700. The highest BCUT2D eigenvalue weighted by atomic mass is 16.6. The van der Waals surface area contributed by atoms with E-state index in [0.717, 1.165) is 0 Å². The molecular weight excluding hydrogens is 208 g/mol. The van der Waals surface area contributed by atoms with Crippen molar-refractivity contribution in [1.29, 1.82) is 0 Å². The highest BCUT2D eigenvalue weighted by Gasteiger charge is 2.19. The zero-order valence-electron chi connectivity index (χ0n) is 10.6. The Hall–Kier alpha value is -1.32. The molecule has 0 aromatic carbocycles. The van der Waals surface area contributed by atoms with Crippen LogP contribution in [0.3, 0.4) is 0 Å². The van der Waals surface area contributed by atoms with Crippen LogP contribution >= 0.6 is 0 Å². The van der Waals surface area contributed by atoms with Crippen LogP contribution < -0.4 is 0 Å². The van der Waals surface area contributed by atoms with Gasteiger partial charge in [-0.25, -0.2) is 4.79 Å². The number of ether oxygens (including phenoxy) is 2. The lowest BCUT2D eigenvalue weighted by molar-refractivity contribution is -0.159. The Bertz CT molecular complexity index is 273. The van der Waals surface area contributed by atoms with Crippen LogP contribution in [0.1, 0.15) is 41.0 Å². The molecule has 0 amide bonds. The number of rotatable bonds is 4. The highest BCUT2D eigenvalue weighted by molar-refractivity contribution is 5.82. The van der Waals surface area contributed by atoms with Gasteiger partial charge in [-0.2, -0.15) is 0 Å². The lowest BCUT2D eigenvalue weighted by atomic mass is 10.2. The molecule has 0 spiro atoms. The third-order valence-corrected chi connectivity index (χ3v) is 1.49. The maximum atomic E-state index is 11.4. The summed E-state index contributed by atoms with van der Waals surface area (Å²) in [5.41, 5.74) is -0.510. The standard InChI is InChI=1S/C12H20O4/c1-6-7-10(13)15-9(2)8-11(14)16-12(3,4)5/h6-7,9H,8H2,1-5H3/b7-6+. The summed E-state index contributed by atoms with van der Waals surface area (Å²) in [6.07, 6.45) is 2.49. The summed E-state index contributed by atoms with van der Waals surface area (Å²) in [7, 11) is 0. The van der Waals surface area contributed by atoms with E-state index in [9.17, 15) is 9.59 Å². The first-order valence-corrected chi connectivity index (χ1v) is 5.29. The Morgan fingerprint density at radius 1 is 1.31 bits per heavy atom. The van der Waals surface area contributed by atoms with Gasteiger partial charge in [-0.05, 0) is 34.6 Å².